The Morgan fingerprint density at radius 3 is 2.60 bits per heavy atom. The first kappa shape index (κ1) is 21.3. The Hall–Kier alpha value is -3.40. The Kier molecular flexibility index (Phi) is 6.36. The second kappa shape index (κ2) is 8.95. The smallest absolute Gasteiger partial charge is 0.326 e. The van der Waals surface area contributed by atoms with Gasteiger partial charge in [0.1, 0.15) is 6.04 Å². The number of β-amino-alcohol motifs (C(OH)–C–C–N with tert-alkyl or cyclic N) is 1. The number of ether oxygens (including phenoxy) is 1. The lowest BCUT2D eigenvalue weighted by Gasteiger charge is -2.21. The number of aryl methyl sites for hydroxylation is 1. The summed E-state index contributed by atoms with van der Waals surface area (Å²) in [5, 5.41) is 25.5. The molecule has 2 aromatic rings. The van der Waals surface area contributed by atoms with Crippen molar-refractivity contribution in [3.05, 3.63) is 46.4 Å². The highest BCUT2D eigenvalue weighted by molar-refractivity contribution is 5.83. The molecule has 1 saturated heterocycles. The number of urea groups is 1. The summed E-state index contributed by atoms with van der Waals surface area (Å²) in [7, 11) is 2.99. The van der Waals surface area contributed by atoms with Gasteiger partial charge in [-0.15, -0.1) is 0 Å². The summed E-state index contributed by atoms with van der Waals surface area (Å²) < 4.78 is 6.44. The van der Waals surface area contributed by atoms with E-state index < -0.39 is 24.1 Å². The molecule has 10 nitrogen and oxygen atoms in total. The standard InChI is InChI=1S/C20H24N4O6/c1-23-18(26)17(16(30-2)10-21-23)13-5-3-12(4-6-13)9-15(19(27)28)22-20(29)24-8-7-14(25)11-24/h3-6,10,14-15,25H,7-9,11H2,1-2H3,(H,22,29)(H,27,28)/t14?,15-/m0/s1. The van der Waals surface area contributed by atoms with E-state index in [0.29, 0.717) is 35.4 Å². The summed E-state index contributed by atoms with van der Waals surface area (Å²) in [6, 6.07) is 5.18. The van der Waals surface area contributed by atoms with Gasteiger partial charge in [0.05, 0.1) is 25.0 Å². The van der Waals surface area contributed by atoms with E-state index in [2.05, 4.69) is 10.4 Å². The number of rotatable bonds is 6. The van der Waals surface area contributed by atoms with Crippen molar-refractivity contribution in [2.75, 3.05) is 20.2 Å². The van der Waals surface area contributed by atoms with E-state index in [1.807, 2.05) is 0 Å². The quantitative estimate of drug-likeness (QED) is 0.614. The molecule has 2 atom stereocenters. The van der Waals surface area contributed by atoms with Crippen LogP contribution in [-0.4, -0.2) is 69.2 Å². The number of aliphatic hydroxyl groups excluding tert-OH is 1. The van der Waals surface area contributed by atoms with E-state index in [1.165, 1.54) is 22.9 Å². The average molecular weight is 416 g/mol. The summed E-state index contributed by atoms with van der Waals surface area (Å²) in [4.78, 5) is 37.7. The number of aliphatic hydroxyl groups is 1. The number of nitrogens with one attached hydrogen (secondary N) is 1. The van der Waals surface area contributed by atoms with Gasteiger partial charge in [-0.1, -0.05) is 24.3 Å². The zero-order valence-corrected chi connectivity index (χ0v) is 16.7. The van der Waals surface area contributed by atoms with Crippen LogP contribution in [0.5, 0.6) is 5.75 Å². The molecule has 1 unspecified atom stereocenters. The Balaban J connectivity index is 1.75. The number of carboxylic acids is 1. The zero-order valence-electron chi connectivity index (χ0n) is 16.7. The predicted octanol–water partition coefficient (Wildman–Crippen LogP) is 0.228. The van der Waals surface area contributed by atoms with Crippen molar-refractivity contribution in [2.45, 2.75) is 25.0 Å². The SMILES string of the molecule is COc1cnn(C)c(=O)c1-c1ccc(C[C@H](NC(=O)N2CCC(O)C2)C(=O)O)cc1. The van der Waals surface area contributed by atoms with Crippen molar-refractivity contribution >= 4 is 12.0 Å². The Bertz CT molecular complexity index is 988. The lowest BCUT2D eigenvalue weighted by molar-refractivity contribution is -0.139. The molecule has 0 radical (unpaired) electrons. The number of carbonyl (C=O) groups excluding carboxylic acids is 1. The molecule has 0 bridgehead atoms. The summed E-state index contributed by atoms with van der Waals surface area (Å²) in [6.07, 6.45) is 1.42. The molecular weight excluding hydrogens is 392 g/mol. The Morgan fingerprint density at radius 1 is 1.33 bits per heavy atom. The number of aromatic nitrogens is 2. The van der Waals surface area contributed by atoms with Crippen LogP contribution >= 0.6 is 0 Å². The van der Waals surface area contributed by atoms with Gasteiger partial charge in [0.25, 0.3) is 5.56 Å². The number of aliphatic carboxylic acids is 1. The van der Waals surface area contributed by atoms with E-state index in [0.717, 1.165) is 0 Å². The van der Waals surface area contributed by atoms with Gasteiger partial charge in [0.2, 0.25) is 0 Å². The van der Waals surface area contributed by atoms with Gasteiger partial charge in [-0.3, -0.25) is 4.79 Å². The molecule has 3 N–H and O–H groups in total. The Morgan fingerprint density at radius 2 is 2.03 bits per heavy atom. The molecule has 30 heavy (non-hydrogen) atoms. The number of amides is 2. The lowest BCUT2D eigenvalue weighted by Crippen LogP contribution is -2.48. The molecule has 1 aromatic heterocycles. The van der Waals surface area contributed by atoms with Crippen LogP contribution in [0.25, 0.3) is 11.1 Å². The van der Waals surface area contributed by atoms with Gasteiger partial charge in [0, 0.05) is 26.6 Å². The van der Waals surface area contributed by atoms with Crippen molar-refractivity contribution in [1.82, 2.24) is 20.0 Å². The maximum atomic E-state index is 12.4. The lowest BCUT2D eigenvalue weighted by atomic mass is 10.0. The van der Waals surface area contributed by atoms with Crippen LogP contribution in [0.2, 0.25) is 0 Å². The molecular formula is C20H24N4O6. The molecule has 0 saturated carbocycles. The fourth-order valence-corrected chi connectivity index (χ4v) is 3.35. The number of nitrogens with zero attached hydrogens (tertiary/aromatic N) is 3. The highest BCUT2D eigenvalue weighted by Gasteiger charge is 2.28. The molecule has 1 aromatic carbocycles. The van der Waals surface area contributed by atoms with Gasteiger partial charge in [-0.25, -0.2) is 14.3 Å². The fourth-order valence-electron chi connectivity index (χ4n) is 3.35. The second-order valence-electron chi connectivity index (χ2n) is 7.15. The van der Waals surface area contributed by atoms with Crippen LogP contribution in [0.4, 0.5) is 4.79 Å². The average Bonchev–Trinajstić information content (AvgIpc) is 3.16. The summed E-state index contributed by atoms with van der Waals surface area (Å²) >= 11 is 0. The highest BCUT2D eigenvalue weighted by Crippen LogP contribution is 2.25. The summed E-state index contributed by atoms with van der Waals surface area (Å²) in [5.74, 6) is -0.814. The van der Waals surface area contributed by atoms with Gasteiger partial charge >= 0.3 is 12.0 Å². The zero-order chi connectivity index (χ0) is 21.8. The number of carboxylic acid groups (broad SMARTS) is 1. The van der Waals surface area contributed by atoms with E-state index in [9.17, 15) is 24.6 Å². The molecule has 2 heterocycles. The van der Waals surface area contributed by atoms with Crippen LogP contribution in [0, 0.1) is 0 Å². The predicted molar refractivity (Wildman–Crippen MR) is 107 cm³/mol. The van der Waals surface area contributed by atoms with Crippen LogP contribution in [0.15, 0.2) is 35.3 Å². The number of hydrogen-bond acceptors (Lipinski definition) is 6. The topological polar surface area (TPSA) is 134 Å². The first-order valence-corrected chi connectivity index (χ1v) is 9.46. The minimum atomic E-state index is -1.16. The maximum absolute atomic E-state index is 12.4. The summed E-state index contributed by atoms with van der Waals surface area (Å²) in [6.45, 7) is 0.576. The molecule has 0 aliphatic carbocycles. The van der Waals surface area contributed by atoms with Crippen LogP contribution in [0.3, 0.4) is 0 Å². The molecule has 1 aliphatic rings. The number of carbonyl (C=O) groups is 2. The van der Waals surface area contributed by atoms with Crippen LogP contribution < -0.4 is 15.6 Å². The minimum Gasteiger partial charge on any atom is -0.494 e. The Labute approximate surface area is 172 Å². The molecule has 10 heteroatoms. The largest absolute Gasteiger partial charge is 0.494 e. The van der Waals surface area contributed by atoms with Crippen molar-refractivity contribution in [1.29, 1.82) is 0 Å². The molecule has 2 amide bonds. The van der Waals surface area contributed by atoms with Gasteiger partial charge in [-0.05, 0) is 17.5 Å². The second-order valence-corrected chi connectivity index (χ2v) is 7.15. The minimum absolute atomic E-state index is 0.0727. The third kappa shape index (κ3) is 4.60. The van der Waals surface area contributed by atoms with Gasteiger partial charge in [-0.2, -0.15) is 5.10 Å². The molecule has 1 aliphatic heterocycles. The van der Waals surface area contributed by atoms with Crippen LogP contribution in [0.1, 0.15) is 12.0 Å². The third-order valence-electron chi connectivity index (χ3n) is 5.05. The monoisotopic (exact) mass is 416 g/mol. The van der Waals surface area contributed by atoms with E-state index in [4.69, 9.17) is 4.74 Å². The number of benzene rings is 1. The number of methoxy groups -OCH3 is 1. The van der Waals surface area contributed by atoms with Crippen molar-refractivity contribution < 1.29 is 24.5 Å². The first-order valence-electron chi connectivity index (χ1n) is 9.46. The molecule has 1 fully saturated rings. The number of likely N-dealkylation sites (tertiary alicyclic amines) is 1. The highest BCUT2D eigenvalue weighted by atomic mass is 16.5. The van der Waals surface area contributed by atoms with E-state index in [-0.39, 0.29) is 18.5 Å². The maximum Gasteiger partial charge on any atom is 0.326 e. The third-order valence-corrected chi connectivity index (χ3v) is 5.05. The van der Waals surface area contributed by atoms with Gasteiger partial charge in [0.15, 0.2) is 5.75 Å². The number of hydrogen-bond donors (Lipinski definition) is 3. The molecule has 160 valence electrons. The van der Waals surface area contributed by atoms with Crippen molar-refractivity contribution in [3.8, 4) is 16.9 Å². The van der Waals surface area contributed by atoms with E-state index >= 15 is 0 Å². The molecule has 3 rings (SSSR count). The first-order chi connectivity index (χ1) is 14.3. The fraction of sp³-hybridized carbons (Fsp3) is 0.400. The van der Waals surface area contributed by atoms with E-state index in [1.54, 1.807) is 31.3 Å². The van der Waals surface area contributed by atoms with Crippen molar-refractivity contribution in [2.24, 2.45) is 7.05 Å². The normalized spacial score (nSPS) is 16.9. The van der Waals surface area contributed by atoms with Crippen molar-refractivity contribution in [3.63, 3.8) is 0 Å². The summed E-state index contributed by atoms with van der Waals surface area (Å²) in [5.41, 5.74) is 1.33. The van der Waals surface area contributed by atoms with Gasteiger partial charge < -0.3 is 25.2 Å². The molecule has 0 spiro atoms. The van der Waals surface area contributed by atoms with Crippen LogP contribution in [-0.2, 0) is 18.3 Å².